The normalized spacial score (nSPS) is 16.5. The molecule has 92 valence electrons. The summed E-state index contributed by atoms with van der Waals surface area (Å²) in [5.41, 5.74) is -0.0510. The van der Waals surface area contributed by atoms with E-state index in [9.17, 15) is 9.59 Å². The van der Waals surface area contributed by atoms with Crippen LogP contribution < -0.4 is 10.9 Å². The van der Waals surface area contributed by atoms with Gasteiger partial charge >= 0.3 is 5.63 Å². The highest BCUT2D eigenvalue weighted by molar-refractivity contribution is 5.93. The van der Waals surface area contributed by atoms with Crippen molar-refractivity contribution in [2.45, 2.75) is 19.3 Å². The number of nitrogens with one attached hydrogen (secondary N) is 1. The number of rotatable bonds is 5. The van der Waals surface area contributed by atoms with Gasteiger partial charge in [-0.25, -0.2) is 4.79 Å². The lowest BCUT2D eigenvalue weighted by atomic mass is 10.0. The van der Waals surface area contributed by atoms with Crippen LogP contribution in [0.4, 0.5) is 0 Å². The molecule has 1 aliphatic carbocycles. The average Bonchev–Trinajstić information content (AvgIpc) is 3.08. The first-order valence-electron chi connectivity index (χ1n) is 5.63. The van der Waals surface area contributed by atoms with Crippen LogP contribution >= 0.6 is 0 Å². The van der Waals surface area contributed by atoms with Gasteiger partial charge in [-0.1, -0.05) is 0 Å². The van der Waals surface area contributed by atoms with Crippen molar-refractivity contribution < 1.29 is 14.3 Å². The van der Waals surface area contributed by atoms with Crippen LogP contribution in [0.5, 0.6) is 0 Å². The summed E-state index contributed by atoms with van der Waals surface area (Å²) in [6, 6.07) is 2.66. The van der Waals surface area contributed by atoms with Gasteiger partial charge in [0.25, 0.3) is 5.91 Å². The first-order chi connectivity index (χ1) is 8.15. The van der Waals surface area contributed by atoms with Gasteiger partial charge in [-0.2, -0.15) is 0 Å². The molecule has 5 nitrogen and oxygen atoms in total. The predicted molar refractivity (Wildman–Crippen MR) is 60.7 cm³/mol. The number of hydrogen-bond acceptors (Lipinski definition) is 4. The molecule has 1 heterocycles. The Morgan fingerprint density at radius 3 is 2.76 bits per heavy atom. The second kappa shape index (κ2) is 4.71. The van der Waals surface area contributed by atoms with Crippen LogP contribution in [0.1, 0.15) is 29.6 Å². The van der Waals surface area contributed by atoms with Gasteiger partial charge in [-0.3, -0.25) is 4.79 Å². The molecule has 2 N–H and O–H groups in total. The summed E-state index contributed by atoms with van der Waals surface area (Å²) >= 11 is 0. The molecule has 1 aromatic rings. The number of aliphatic hydroxyl groups is 1. The van der Waals surface area contributed by atoms with Gasteiger partial charge in [-0.15, -0.1) is 0 Å². The lowest BCUT2D eigenvalue weighted by Crippen LogP contribution is -2.30. The number of aliphatic hydroxyl groups excluding tert-OH is 1. The van der Waals surface area contributed by atoms with E-state index in [1.165, 1.54) is 12.1 Å². The zero-order chi connectivity index (χ0) is 12.3. The van der Waals surface area contributed by atoms with Crippen LogP contribution in [-0.4, -0.2) is 24.2 Å². The fourth-order valence-electron chi connectivity index (χ4n) is 1.79. The molecule has 0 aliphatic heterocycles. The minimum absolute atomic E-state index is 0.0834. The Kier molecular flexibility index (Phi) is 3.28. The van der Waals surface area contributed by atoms with Crippen molar-refractivity contribution in [3.8, 4) is 0 Å². The molecule has 0 unspecified atom stereocenters. The van der Waals surface area contributed by atoms with Gasteiger partial charge in [0.2, 0.25) is 0 Å². The molecule has 0 aromatic carbocycles. The van der Waals surface area contributed by atoms with Crippen molar-refractivity contribution in [2.75, 3.05) is 13.2 Å². The van der Waals surface area contributed by atoms with Crippen LogP contribution in [0.25, 0.3) is 0 Å². The quantitative estimate of drug-likeness (QED) is 0.783. The Morgan fingerprint density at radius 1 is 1.47 bits per heavy atom. The van der Waals surface area contributed by atoms with Crippen LogP contribution in [0.15, 0.2) is 27.6 Å². The standard InChI is InChI=1S/C12H15NO4/c14-6-5-12(3-4-12)8-13-11(16)9-1-2-10(15)17-7-9/h1-2,7,14H,3-6,8H2,(H,13,16). The molecule has 1 amide bonds. The fraction of sp³-hybridized carbons (Fsp3) is 0.500. The summed E-state index contributed by atoms with van der Waals surface area (Å²) in [5.74, 6) is -0.252. The fourth-order valence-corrected chi connectivity index (χ4v) is 1.79. The van der Waals surface area contributed by atoms with Crippen molar-refractivity contribution in [1.82, 2.24) is 5.32 Å². The molecule has 0 bridgehead atoms. The van der Waals surface area contributed by atoms with Gasteiger partial charge < -0.3 is 14.8 Å². The van der Waals surface area contributed by atoms with E-state index in [0.29, 0.717) is 12.1 Å². The molecular formula is C12H15NO4. The van der Waals surface area contributed by atoms with E-state index >= 15 is 0 Å². The highest BCUT2D eigenvalue weighted by Crippen LogP contribution is 2.47. The molecule has 1 fully saturated rings. The topological polar surface area (TPSA) is 79.5 Å². The smallest absolute Gasteiger partial charge is 0.335 e. The maximum absolute atomic E-state index is 11.7. The number of hydrogen-bond donors (Lipinski definition) is 2. The summed E-state index contributed by atoms with van der Waals surface area (Å²) in [6.45, 7) is 0.710. The van der Waals surface area contributed by atoms with Crippen LogP contribution in [0.2, 0.25) is 0 Å². The summed E-state index contributed by atoms with van der Waals surface area (Å²) in [6.07, 6.45) is 3.95. The molecule has 17 heavy (non-hydrogen) atoms. The van der Waals surface area contributed by atoms with E-state index in [1.807, 2.05) is 0 Å². The Bertz CT molecular complexity index is 441. The lowest BCUT2D eigenvalue weighted by Gasteiger charge is -2.14. The average molecular weight is 237 g/mol. The van der Waals surface area contributed by atoms with Gasteiger partial charge in [0.05, 0.1) is 5.56 Å². The minimum atomic E-state index is -0.472. The van der Waals surface area contributed by atoms with Gasteiger partial charge in [0.15, 0.2) is 0 Å². The third kappa shape index (κ3) is 2.94. The molecule has 0 spiro atoms. The molecule has 1 aliphatic rings. The highest BCUT2D eigenvalue weighted by atomic mass is 16.4. The van der Waals surface area contributed by atoms with Crippen molar-refractivity contribution in [2.24, 2.45) is 5.41 Å². The van der Waals surface area contributed by atoms with Crippen LogP contribution in [0, 0.1) is 5.41 Å². The van der Waals surface area contributed by atoms with Gasteiger partial charge in [0.1, 0.15) is 6.26 Å². The molecule has 2 rings (SSSR count). The zero-order valence-electron chi connectivity index (χ0n) is 9.44. The maximum atomic E-state index is 11.7. The summed E-state index contributed by atoms with van der Waals surface area (Å²) in [4.78, 5) is 22.4. The number of carbonyl (C=O) groups is 1. The monoisotopic (exact) mass is 237 g/mol. The first-order valence-corrected chi connectivity index (χ1v) is 5.63. The number of amides is 1. The second-order valence-electron chi connectivity index (χ2n) is 4.50. The highest BCUT2D eigenvalue weighted by Gasteiger charge is 2.41. The summed E-state index contributed by atoms with van der Waals surface area (Å²) in [7, 11) is 0. The second-order valence-corrected chi connectivity index (χ2v) is 4.50. The third-order valence-electron chi connectivity index (χ3n) is 3.19. The van der Waals surface area contributed by atoms with Crippen molar-refractivity contribution in [3.63, 3.8) is 0 Å². The minimum Gasteiger partial charge on any atom is -0.430 e. The Labute approximate surface area is 98.5 Å². The Morgan fingerprint density at radius 2 is 2.24 bits per heavy atom. The molecule has 0 saturated heterocycles. The first kappa shape index (κ1) is 11.9. The van der Waals surface area contributed by atoms with Crippen molar-refractivity contribution >= 4 is 5.91 Å². The van der Waals surface area contributed by atoms with E-state index in [4.69, 9.17) is 5.11 Å². The summed E-state index contributed by atoms with van der Waals surface area (Å²) < 4.78 is 4.62. The summed E-state index contributed by atoms with van der Waals surface area (Å²) in [5, 5.41) is 11.7. The lowest BCUT2D eigenvalue weighted by molar-refractivity contribution is 0.0938. The largest absolute Gasteiger partial charge is 0.430 e. The Hall–Kier alpha value is -1.62. The molecular weight excluding hydrogens is 222 g/mol. The van der Waals surface area contributed by atoms with Crippen LogP contribution in [0.3, 0.4) is 0 Å². The SMILES string of the molecule is O=C(NCC1(CCO)CC1)c1ccc(=O)oc1. The van der Waals surface area contributed by atoms with Crippen LogP contribution in [-0.2, 0) is 0 Å². The predicted octanol–water partition coefficient (Wildman–Crippen LogP) is 0.532. The molecule has 5 heteroatoms. The molecule has 0 radical (unpaired) electrons. The molecule has 1 saturated carbocycles. The van der Waals surface area contributed by atoms with Gasteiger partial charge in [-0.05, 0) is 30.7 Å². The van der Waals surface area contributed by atoms with E-state index < -0.39 is 5.63 Å². The van der Waals surface area contributed by atoms with E-state index in [-0.39, 0.29) is 17.9 Å². The maximum Gasteiger partial charge on any atom is 0.335 e. The van der Waals surface area contributed by atoms with E-state index in [0.717, 1.165) is 25.5 Å². The van der Waals surface area contributed by atoms with Crippen molar-refractivity contribution in [3.05, 3.63) is 34.4 Å². The molecule has 0 atom stereocenters. The number of carbonyl (C=O) groups excluding carboxylic acids is 1. The Balaban J connectivity index is 1.89. The molecule has 1 aromatic heterocycles. The van der Waals surface area contributed by atoms with E-state index in [1.54, 1.807) is 0 Å². The van der Waals surface area contributed by atoms with Gasteiger partial charge in [0, 0.05) is 19.2 Å². The van der Waals surface area contributed by atoms with Crippen molar-refractivity contribution in [1.29, 1.82) is 0 Å². The zero-order valence-corrected chi connectivity index (χ0v) is 9.44. The van der Waals surface area contributed by atoms with E-state index in [2.05, 4.69) is 9.73 Å². The third-order valence-corrected chi connectivity index (χ3v) is 3.19.